The Morgan fingerprint density at radius 1 is 0.976 bits per heavy atom. The molecule has 2 aliphatic carbocycles. The van der Waals surface area contributed by atoms with Gasteiger partial charge in [0.15, 0.2) is 5.65 Å². The summed E-state index contributed by atoms with van der Waals surface area (Å²) >= 11 is 6.00. The number of rotatable bonds is 7. The molecule has 2 fully saturated rings. The van der Waals surface area contributed by atoms with E-state index in [1.807, 2.05) is 0 Å². The lowest BCUT2D eigenvalue weighted by molar-refractivity contribution is -0.144. The highest BCUT2D eigenvalue weighted by molar-refractivity contribution is 6.33. The molecule has 7 nitrogen and oxygen atoms in total. The lowest BCUT2D eigenvalue weighted by Crippen LogP contribution is -2.24. The Morgan fingerprint density at radius 2 is 1.63 bits per heavy atom. The summed E-state index contributed by atoms with van der Waals surface area (Å²) < 4.78 is 62.4. The van der Waals surface area contributed by atoms with E-state index >= 15 is 0 Å². The quantitative estimate of drug-likeness (QED) is 0.285. The van der Waals surface area contributed by atoms with E-state index in [0.29, 0.717) is 40.3 Å². The second-order valence-electron chi connectivity index (χ2n) is 9.93. The van der Waals surface area contributed by atoms with Gasteiger partial charge < -0.3 is 10.6 Å². The monoisotopic (exact) mass is 601 g/mol. The molecular weight excluding hydrogens is 569 g/mol. The Kier molecular flexibility index (Phi) is 11.9. The van der Waals surface area contributed by atoms with Crippen LogP contribution in [-0.4, -0.2) is 38.5 Å². The van der Waals surface area contributed by atoms with Crippen LogP contribution in [-0.2, 0) is 17.9 Å². The maximum Gasteiger partial charge on any atom is 0.389 e. The van der Waals surface area contributed by atoms with Crippen molar-refractivity contribution >= 4 is 29.1 Å². The molecule has 13 heteroatoms. The van der Waals surface area contributed by atoms with E-state index < -0.39 is 30.8 Å². The zero-order valence-electron chi connectivity index (χ0n) is 22.5. The molecule has 224 valence electrons. The lowest BCUT2D eigenvalue weighted by Gasteiger charge is -2.20. The number of fused-ring (bicyclic) bond motifs is 1. The van der Waals surface area contributed by atoms with Gasteiger partial charge in [0, 0.05) is 25.8 Å². The third-order valence-corrected chi connectivity index (χ3v) is 6.37. The SMILES string of the molecule is C1CC1.FC1(F)CCCCC1.O=C(CCC(F)(F)F)NCc1cnn2cc(CNC(=O)c3ccccc3Cl)nc2c1. The van der Waals surface area contributed by atoms with Crippen molar-refractivity contribution in [1.82, 2.24) is 25.2 Å². The van der Waals surface area contributed by atoms with Crippen molar-refractivity contribution in [1.29, 1.82) is 0 Å². The minimum atomic E-state index is -4.37. The number of imidazole rings is 1. The van der Waals surface area contributed by atoms with E-state index in [0.717, 1.165) is 6.42 Å². The Hall–Kier alpha value is -3.28. The number of hydrogen-bond acceptors (Lipinski definition) is 4. The number of nitrogens with zero attached hydrogens (tertiary/aromatic N) is 3. The molecule has 0 aliphatic heterocycles. The average Bonchev–Trinajstić information content (AvgIpc) is 3.75. The first-order valence-electron chi connectivity index (χ1n) is 13.5. The first-order chi connectivity index (χ1) is 19.4. The molecule has 2 saturated carbocycles. The van der Waals surface area contributed by atoms with Crippen LogP contribution in [0.15, 0.2) is 42.7 Å². The van der Waals surface area contributed by atoms with Crippen LogP contribution in [0.4, 0.5) is 22.0 Å². The van der Waals surface area contributed by atoms with E-state index in [1.54, 1.807) is 36.5 Å². The fraction of sp³-hybridized carbons (Fsp3) is 0.500. The molecule has 2 heterocycles. The van der Waals surface area contributed by atoms with Crippen LogP contribution < -0.4 is 10.6 Å². The Balaban J connectivity index is 0.000000347. The maximum atomic E-state index is 12.2. The third kappa shape index (κ3) is 12.4. The van der Waals surface area contributed by atoms with Gasteiger partial charge in [-0.15, -0.1) is 0 Å². The average molecular weight is 602 g/mol. The van der Waals surface area contributed by atoms with E-state index in [4.69, 9.17) is 11.6 Å². The second kappa shape index (κ2) is 15.1. The predicted molar refractivity (Wildman–Crippen MR) is 145 cm³/mol. The summed E-state index contributed by atoms with van der Waals surface area (Å²) in [6.45, 7) is 0.183. The van der Waals surface area contributed by atoms with E-state index in [9.17, 15) is 31.5 Å². The van der Waals surface area contributed by atoms with Crippen molar-refractivity contribution in [3.8, 4) is 0 Å². The predicted octanol–water partition coefficient (Wildman–Crippen LogP) is 7.03. The minimum absolute atomic E-state index is 0.0334. The Bertz CT molecular complexity index is 1290. The number of amides is 2. The van der Waals surface area contributed by atoms with Crippen molar-refractivity contribution < 1.29 is 31.5 Å². The van der Waals surface area contributed by atoms with Gasteiger partial charge in [0.2, 0.25) is 11.8 Å². The molecular formula is C28H33ClF5N5O2. The molecule has 3 aromatic rings. The molecule has 5 rings (SSSR count). The highest BCUT2D eigenvalue weighted by Gasteiger charge is 2.30. The van der Waals surface area contributed by atoms with Crippen LogP contribution in [0.5, 0.6) is 0 Å². The van der Waals surface area contributed by atoms with Gasteiger partial charge in [-0.3, -0.25) is 9.59 Å². The third-order valence-electron chi connectivity index (χ3n) is 6.04. The molecule has 2 aliphatic rings. The number of nitrogens with one attached hydrogen (secondary N) is 2. The zero-order valence-corrected chi connectivity index (χ0v) is 23.2. The summed E-state index contributed by atoms with van der Waals surface area (Å²) in [5.74, 6) is -3.36. The van der Waals surface area contributed by atoms with E-state index in [1.165, 1.54) is 30.0 Å². The van der Waals surface area contributed by atoms with Crippen molar-refractivity contribution in [3.05, 3.63) is 64.6 Å². The molecule has 2 amide bonds. The Morgan fingerprint density at radius 3 is 2.22 bits per heavy atom. The minimum Gasteiger partial charge on any atom is -0.352 e. The topological polar surface area (TPSA) is 88.4 Å². The van der Waals surface area contributed by atoms with Crippen LogP contribution in [0.2, 0.25) is 5.02 Å². The molecule has 0 atom stereocenters. The standard InChI is InChI=1S/C19H17ClF3N5O2.C6H10F2.C3H6/c20-15-4-2-1-3-14(15)18(30)25-10-13-11-28-16(27-13)7-12(9-26-28)8-24-17(29)5-6-19(21,22)23;7-6(8)4-2-1-3-5-6;1-2-3-1/h1-4,7,9,11H,5-6,8,10H2,(H,24,29)(H,25,30);1-5H2;1-3H2. The highest BCUT2D eigenvalue weighted by Crippen LogP contribution is 2.32. The van der Waals surface area contributed by atoms with Gasteiger partial charge in [-0.1, -0.05) is 49.4 Å². The highest BCUT2D eigenvalue weighted by atomic mass is 35.5. The van der Waals surface area contributed by atoms with Crippen LogP contribution in [0, 0.1) is 0 Å². The summed E-state index contributed by atoms with van der Waals surface area (Å²) in [6, 6.07) is 8.31. The summed E-state index contributed by atoms with van der Waals surface area (Å²) in [6.07, 6.45) is 4.11. The maximum absolute atomic E-state index is 12.2. The normalized spacial score (nSPS) is 15.6. The smallest absolute Gasteiger partial charge is 0.352 e. The first kappa shape index (κ1) is 32.2. The number of alkyl halides is 5. The fourth-order valence-electron chi connectivity index (χ4n) is 3.67. The Labute approximate surface area is 239 Å². The number of carbonyl (C=O) groups excluding carboxylic acids is 2. The molecule has 1 aromatic carbocycles. The second-order valence-corrected chi connectivity index (χ2v) is 10.3. The molecule has 0 bridgehead atoms. The van der Waals surface area contributed by atoms with Gasteiger partial charge in [-0.05, 0) is 36.6 Å². The molecule has 0 radical (unpaired) electrons. The van der Waals surface area contributed by atoms with Gasteiger partial charge in [-0.2, -0.15) is 18.3 Å². The van der Waals surface area contributed by atoms with Gasteiger partial charge in [0.25, 0.3) is 5.91 Å². The first-order valence-corrected chi connectivity index (χ1v) is 13.9. The molecule has 2 N–H and O–H groups in total. The number of hydrogen-bond donors (Lipinski definition) is 2. The number of benzene rings is 1. The van der Waals surface area contributed by atoms with Crippen molar-refractivity contribution in [2.24, 2.45) is 0 Å². The molecule has 0 spiro atoms. The summed E-state index contributed by atoms with van der Waals surface area (Å²) in [7, 11) is 0. The molecule has 41 heavy (non-hydrogen) atoms. The van der Waals surface area contributed by atoms with Crippen LogP contribution in [0.3, 0.4) is 0 Å². The zero-order chi connectivity index (χ0) is 29.9. The van der Waals surface area contributed by atoms with Gasteiger partial charge in [0.05, 0.1) is 41.6 Å². The van der Waals surface area contributed by atoms with Gasteiger partial charge in [-0.25, -0.2) is 18.3 Å². The van der Waals surface area contributed by atoms with Gasteiger partial charge in [0.1, 0.15) is 0 Å². The summed E-state index contributed by atoms with van der Waals surface area (Å²) in [5, 5.41) is 9.64. The number of carbonyl (C=O) groups is 2. The summed E-state index contributed by atoms with van der Waals surface area (Å²) in [4.78, 5) is 28.1. The summed E-state index contributed by atoms with van der Waals surface area (Å²) in [5.41, 5.74) is 1.96. The number of aromatic nitrogens is 3. The van der Waals surface area contributed by atoms with Crippen molar-refractivity contribution in [2.75, 3.05) is 0 Å². The largest absolute Gasteiger partial charge is 0.389 e. The van der Waals surface area contributed by atoms with E-state index in [2.05, 4.69) is 20.7 Å². The van der Waals surface area contributed by atoms with Crippen LogP contribution >= 0.6 is 11.6 Å². The molecule has 0 saturated heterocycles. The fourth-order valence-corrected chi connectivity index (χ4v) is 3.89. The van der Waals surface area contributed by atoms with Gasteiger partial charge >= 0.3 is 6.18 Å². The van der Waals surface area contributed by atoms with Crippen molar-refractivity contribution in [3.63, 3.8) is 0 Å². The molecule has 2 aromatic heterocycles. The van der Waals surface area contributed by atoms with Crippen LogP contribution in [0.1, 0.15) is 85.8 Å². The lowest BCUT2D eigenvalue weighted by atomic mass is 9.97. The van der Waals surface area contributed by atoms with E-state index in [-0.39, 0.29) is 31.8 Å². The molecule has 0 unspecified atom stereocenters. The van der Waals surface area contributed by atoms with Crippen molar-refractivity contribution in [2.45, 2.75) is 89.4 Å². The van der Waals surface area contributed by atoms with Crippen LogP contribution in [0.25, 0.3) is 5.65 Å². The number of halogens is 6.